The zero-order valence-corrected chi connectivity index (χ0v) is 15.4. The van der Waals surface area contributed by atoms with Gasteiger partial charge in [-0.2, -0.15) is 26.3 Å². The van der Waals surface area contributed by atoms with E-state index in [4.69, 9.17) is 11.6 Å². The van der Waals surface area contributed by atoms with Crippen LogP contribution in [0.4, 0.5) is 40.8 Å². The molecule has 3 aromatic rings. The number of nitrogens with one attached hydrogen (secondary N) is 1. The minimum Gasteiger partial charge on any atom is -0.324 e. The molecule has 0 radical (unpaired) electrons. The molecule has 0 bridgehead atoms. The Bertz CT molecular complexity index is 1230. The topological polar surface area (TPSA) is 59.3 Å². The van der Waals surface area contributed by atoms with Crippen LogP contribution in [0.5, 0.6) is 0 Å². The molecule has 0 aliphatic carbocycles. The quantitative estimate of drug-likeness (QED) is 0.502. The fourth-order valence-corrected chi connectivity index (χ4v) is 3.61. The Morgan fingerprint density at radius 2 is 1.74 bits per heavy atom. The molecule has 0 saturated heterocycles. The lowest BCUT2D eigenvalue weighted by Crippen LogP contribution is -2.14. The van der Waals surface area contributed by atoms with Gasteiger partial charge in [0, 0.05) is 5.56 Å². The first-order valence-electron chi connectivity index (χ1n) is 8.26. The molecular formula is C17H7ClF8N4O. The molecular weight excluding hydrogens is 464 g/mol. The van der Waals surface area contributed by atoms with Crippen LogP contribution >= 0.6 is 11.6 Å². The van der Waals surface area contributed by atoms with Crippen molar-refractivity contribution in [2.75, 3.05) is 5.32 Å². The third kappa shape index (κ3) is 3.56. The number of fused-ring (bicyclic) bond motifs is 2. The number of nitrogens with zero attached hydrogens (tertiary/aromatic N) is 3. The number of carbonyl (C=O) groups is 1. The smallest absolute Gasteiger partial charge is 0.324 e. The number of hydrogen-bond acceptors (Lipinski definition) is 3. The van der Waals surface area contributed by atoms with Gasteiger partial charge in [-0.3, -0.25) is 4.79 Å². The first kappa shape index (κ1) is 21.3. The molecule has 1 aliphatic rings. The number of alkyl halides is 8. The minimum atomic E-state index is -5.33. The molecule has 1 amide bonds. The molecule has 0 saturated carbocycles. The van der Waals surface area contributed by atoms with Crippen LogP contribution in [0.15, 0.2) is 18.2 Å². The van der Waals surface area contributed by atoms with Gasteiger partial charge in [0.2, 0.25) is 5.91 Å². The third-order valence-electron chi connectivity index (χ3n) is 4.50. The predicted octanol–water partition coefficient (Wildman–Crippen LogP) is 5.52. The van der Waals surface area contributed by atoms with Crippen LogP contribution in [0.25, 0.3) is 16.9 Å². The zero-order valence-electron chi connectivity index (χ0n) is 14.7. The van der Waals surface area contributed by atoms with E-state index in [2.05, 4.69) is 15.4 Å². The van der Waals surface area contributed by atoms with Crippen LogP contribution < -0.4 is 5.32 Å². The summed E-state index contributed by atoms with van der Waals surface area (Å²) in [5, 5.41) is 5.32. The van der Waals surface area contributed by atoms with Crippen LogP contribution in [0, 0.1) is 0 Å². The molecule has 1 aliphatic heterocycles. The lowest BCUT2D eigenvalue weighted by Gasteiger charge is -2.18. The maximum Gasteiger partial charge on any atom is 0.453 e. The maximum absolute atomic E-state index is 13.8. The Hall–Kier alpha value is -2.96. The first-order valence-corrected chi connectivity index (χ1v) is 8.64. The monoisotopic (exact) mass is 470 g/mol. The fraction of sp³-hybridized carbons (Fsp3) is 0.235. The number of anilines is 1. The van der Waals surface area contributed by atoms with Gasteiger partial charge in [0.1, 0.15) is 0 Å². The molecule has 2 aromatic heterocycles. The molecule has 0 atom stereocenters. The average molecular weight is 471 g/mol. The Labute approximate surface area is 171 Å². The van der Waals surface area contributed by atoms with Crippen molar-refractivity contribution in [3.05, 3.63) is 45.7 Å². The van der Waals surface area contributed by atoms with E-state index in [1.54, 1.807) is 0 Å². The molecule has 0 spiro atoms. The summed E-state index contributed by atoms with van der Waals surface area (Å²) >= 11 is 6.03. The van der Waals surface area contributed by atoms with E-state index in [0.717, 1.165) is 12.1 Å². The van der Waals surface area contributed by atoms with Crippen molar-refractivity contribution in [3.8, 4) is 11.3 Å². The van der Waals surface area contributed by atoms with E-state index in [-0.39, 0.29) is 38.8 Å². The summed E-state index contributed by atoms with van der Waals surface area (Å²) in [5.41, 5.74) is -5.44. The lowest BCUT2D eigenvalue weighted by molar-refractivity contribution is -0.144. The van der Waals surface area contributed by atoms with Gasteiger partial charge in [-0.05, 0) is 23.8 Å². The molecule has 5 nitrogen and oxygen atoms in total. The van der Waals surface area contributed by atoms with E-state index < -0.39 is 53.0 Å². The summed E-state index contributed by atoms with van der Waals surface area (Å²) in [6.07, 6.45) is -14.5. The highest BCUT2D eigenvalue weighted by Gasteiger charge is 2.42. The largest absolute Gasteiger partial charge is 0.453 e. The van der Waals surface area contributed by atoms with Crippen molar-refractivity contribution in [3.63, 3.8) is 0 Å². The van der Waals surface area contributed by atoms with Crippen LogP contribution in [0.1, 0.15) is 28.9 Å². The lowest BCUT2D eigenvalue weighted by atomic mass is 9.98. The second kappa shape index (κ2) is 6.77. The van der Waals surface area contributed by atoms with Crippen molar-refractivity contribution in [2.24, 2.45) is 0 Å². The highest BCUT2D eigenvalue weighted by Crippen LogP contribution is 2.44. The maximum atomic E-state index is 13.8. The summed E-state index contributed by atoms with van der Waals surface area (Å²) in [5.74, 6) is -2.31. The van der Waals surface area contributed by atoms with Gasteiger partial charge in [-0.1, -0.05) is 11.6 Å². The first-order chi connectivity index (χ1) is 14.3. The number of benzene rings is 1. The number of carbonyl (C=O) groups excluding carboxylic acids is 1. The number of rotatable bonds is 2. The normalized spacial score (nSPS) is 14.5. The predicted molar refractivity (Wildman–Crippen MR) is 90.7 cm³/mol. The van der Waals surface area contributed by atoms with Crippen LogP contribution in [-0.2, 0) is 23.6 Å². The molecule has 1 N–H and O–H groups in total. The zero-order chi connectivity index (χ0) is 22.9. The van der Waals surface area contributed by atoms with E-state index in [0.29, 0.717) is 0 Å². The Morgan fingerprint density at radius 3 is 2.32 bits per heavy atom. The van der Waals surface area contributed by atoms with Gasteiger partial charge >= 0.3 is 12.4 Å². The number of pyridine rings is 1. The Kier molecular flexibility index (Phi) is 4.65. The molecule has 0 fully saturated rings. The SMILES string of the molecule is O=C1Cc2cc(-c3c(C(F)F)c(C(F)(F)F)cc4nc(C(F)(F)F)nn34)cc(Cl)c2N1. The standard InChI is InChI=1S/C17H7ClF8N4O/c18-8-2-6(1-5-3-10(31)28-12(5)8)13-11(14(19)20)7(16(21,22)23)4-9-27-15(17(24,25)26)29-30(9)13/h1-2,4,14H,3H2,(H,28,31). The molecule has 31 heavy (non-hydrogen) atoms. The third-order valence-corrected chi connectivity index (χ3v) is 4.80. The minimum absolute atomic E-state index is 0.0767. The van der Waals surface area contributed by atoms with E-state index in [9.17, 15) is 39.9 Å². The Morgan fingerprint density at radius 1 is 1.06 bits per heavy atom. The average Bonchev–Trinajstić information content (AvgIpc) is 3.21. The second-order valence-electron chi connectivity index (χ2n) is 6.54. The molecule has 164 valence electrons. The van der Waals surface area contributed by atoms with Gasteiger partial charge < -0.3 is 5.32 Å². The van der Waals surface area contributed by atoms with Crippen molar-refractivity contribution in [2.45, 2.75) is 25.2 Å². The van der Waals surface area contributed by atoms with Crippen LogP contribution in [0.3, 0.4) is 0 Å². The van der Waals surface area contributed by atoms with Crippen molar-refractivity contribution in [1.29, 1.82) is 0 Å². The molecule has 14 heteroatoms. The van der Waals surface area contributed by atoms with E-state index in [1.807, 2.05) is 0 Å². The molecule has 1 aromatic carbocycles. The highest BCUT2D eigenvalue weighted by atomic mass is 35.5. The summed E-state index contributed by atoms with van der Waals surface area (Å²) in [6.45, 7) is 0. The van der Waals surface area contributed by atoms with Gasteiger partial charge in [0.05, 0.1) is 34.0 Å². The van der Waals surface area contributed by atoms with Gasteiger partial charge in [0.25, 0.3) is 12.2 Å². The van der Waals surface area contributed by atoms with Crippen molar-refractivity contribution in [1.82, 2.24) is 14.6 Å². The number of hydrogen-bond donors (Lipinski definition) is 1. The van der Waals surface area contributed by atoms with E-state index in [1.165, 1.54) is 0 Å². The fourth-order valence-electron chi connectivity index (χ4n) is 3.32. The summed E-state index contributed by atoms with van der Waals surface area (Å²) in [7, 11) is 0. The van der Waals surface area contributed by atoms with Crippen molar-refractivity contribution >= 4 is 28.8 Å². The number of amides is 1. The molecule has 0 unspecified atom stereocenters. The van der Waals surface area contributed by atoms with Crippen LogP contribution in [0.2, 0.25) is 5.02 Å². The summed E-state index contributed by atoms with van der Waals surface area (Å²) in [4.78, 5) is 14.6. The van der Waals surface area contributed by atoms with Gasteiger partial charge in [0.15, 0.2) is 5.65 Å². The number of halogens is 9. The summed E-state index contributed by atoms with van der Waals surface area (Å²) < 4.78 is 108. The number of aromatic nitrogens is 3. The highest BCUT2D eigenvalue weighted by molar-refractivity contribution is 6.34. The van der Waals surface area contributed by atoms with Crippen molar-refractivity contribution < 1.29 is 39.9 Å². The second-order valence-corrected chi connectivity index (χ2v) is 6.95. The summed E-state index contributed by atoms with van der Waals surface area (Å²) in [6, 6.07) is 2.13. The van der Waals surface area contributed by atoms with Crippen LogP contribution in [-0.4, -0.2) is 20.5 Å². The Balaban J connectivity index is 2.13. The van der Waals surface area contributed by atoms with Gasteiger partial charge in [-0.25, -0.2) is 18.3 Å². The van der Waals surface area contributed by atoms with E-state index >= 15 is 0 Å². The van der Waals surface area contributed by atoms with Gasteiger partial charge in [-0.15, -0.1) is 5.10 Å². The molecule has 4 rings (SSSR count). The molecule has 3 heterocycles.